The predicted octanol–water partition coefficient (Wildman–Crippen LogP) is 0.660. The second-order valence-electron chi connectivity index (χ2n) is 2.88. The van der Waals surface area contributed by atoms with Crippen LogP contribution in [-0.2, 0) is 14.3 Å². The van der Waals surface area contributed by atoms with Gasteiger partial charge in [-0.05, 0) is 13.0 Å². The fraction of sp³-hybridized carbons (Fsp3) is 0.600. The van der Waals surface area contributed by atoms with Crippen LogP contribution in [0.5, 0.6) is 0 Å². The molecule has 80 valence electrons. The summed E-state index contributed by atoms with van der Waals surface area (Å²) in [5.74, 6) is -1.30. The molecular formula is C10H17NO3. The lowest BCUT2D eigenvalue weighted by atomic mass is 9.99. The maximum absolute atomic E-state index is 11.4. The SMILES string of the molecule is C=CCOC(=O)C(CC)C(=O)CCN. The highest BCUT2D eigenvalue weighted by atomic mass is 16.5. The molecule has 1 unspecified atom stereocenters. The van der Waals surface area contributed by atoms with E-state index in [0.29, 0.717) is 6.42 Å². The molecule has 4 nitrogen and oxygen atoms in total. The highest BCUT2D eigenvalue weighted by Gasteiger charge is 2.24. The minimum absolute atomic E-state index is 0.144. The number of ether oxygens (including phenoxy) is 1. The molecule has 0 rings (SSSR count). The zero-order chi connectivity index (χ0) is 11.0. The first-order valence-electron chi connectivity index (χ1n) is 4.67. The average molecular weight is 199 g/mol. The normalized spacial score (nSPS) is 11.9. The van der Waals surface area contributed by atoms with Crippen molar-refractivity contribution >= 4 is 11.8 Å². The van der Waals surface area contributed by atoms with E-state index in [2.05, 4.69) is 6.58 Å². The second kappa shape index (κ2) is 7.26. The number of hydrogen-bond acceptors (Lipinski definition) is 4. The van der Waals surface area contributed by atoms with E-state index >= 15 is 0 Å². The first-order chi connectivity index (χ1) is 6.67. The van der Waals surface area contributed by atoms with Crippen molar-refractivity contribution in [3.63, 3.8) is 0 Å². The summed E-state index contributed by atoms with van der Waals surface area (Å²) in [5.41, 5.74) is 5.23. The van der Waals surface area contributed by atoms with Crippen molar-refractivity contribution in [2.24, 2.45) is 11.7 Å². The summed E-state index contributed by atoms with van der Waals surface area (Å²) in [6.45, 7) is 5.60. The minimum atomic E-state index is -0.668. The molecule has 0 saturated carbocycles. The van der Waals surface area contributed by atoms with Crippen LogP contribution in [0.3, 0.4) is 0 Å². The number of carbonyl (C=O) groups excluding carboxylic acids is 2. The van der Waals surface area contributed by atoms with Gasteiger partial charge in [0.05, 0.1) is 0 Å². The highest BCUT2D eigenvalue weighted by Crippen LogP contribution is 2.08. The molecule has 0 aromatic rings. The molecule has 0 aromatic heterocycles. The van der Waals surface area contributed by atoms with Gasteiger partial charge < -0.3 is 10.5 Å². The number of esters is 1. The smallest absolute Gasteiger partial charge is 0.316 e. The Hall–Kier alpha value is -1.16. The maximum atomic E-state index is 11.4. The van der Waals surface area contributed by atoms with Gasteiger partial charge in [0.25, 0.3) is 0 Å². The average Bonchev–Trinajstić information content (AvgIpc) is 2.16. The van der Waals surface area contributed by atoms with Crippen molar-refractivity contribution in [2.75, 3.05) is 13.2 Å². The standard InChI is InChI=1S/C10H17NO3/c1-3-7-14-10(13)8(4-2)9(12)5-6-11/h3,8H,1,4-7,11H2,2H3. The van der Waals surface area contributed by atoms with Gasteiger partial charge in [-0.15, -0.1) is 0 Å². The Morgan fingerprint density at radius 2 is 2.21 bits per heavy atom. The van der Waals surface area contributed by atoms with Gasteiger partial charge in [-0.1, -0.05) is 19.6 Å². The van der Waals surface area contributed by atoms with E-state index in [0.717, 1.165) is 0 Å². The third kappa shape index (κ3) is 4.18. The fourth-order valence-corrected chi connectivity index (χ4v) is 1.08. The van der Waals surface area contributed by atoms with Crippen molar-refractivity contribution < 1.29 is 14.3 Å². The summed E-state index contributed by atoms with van der Waals surface area (Å²) in [7, 11) is 0. The number of hydrogen-bond donors (Lipinski definition) is 1. The molecule has 0 heterocycles. The molecule has 0 fully saturated rings. The van der Waals surface area contributed by atoms with E-state index in [1.807, 2.05) is 0 Å². The summed E-state index contributed by atoms with van der Waals surface area (Å²) in [6, 6.07) is 0. The molecule has 0 amide bonds. The van der Waals surface area contributed by atoms with Crippen molar-refractivity contribution in [3.05, 3.63) is 12.7 Å². The molecule has 2 N–H and O–H groups in total. The monoisotopic (exact) mass is 199 g/mol. The molecular weight excluding hydrogens is 182 g/mol. The summed E-state index contributed by atoms with van der Waals surface area (Å²) in [4.78, 5) is 22.7. The van der Waals surface area contributed by atoms with Gasteiger partial charge in [0.15, 0.2) is 0 Å². The Labute approximate surface area is 84.1 Å². The highest BCUT2D eigenvalue weighted by molar-refractivity contribution is 5.99. The van der Waals surface area contributed by atoms with Crippen molar-refractivity contribution in [2.45, 2.75) is 19.8 Å². The Balaban J connectivity index is 4.17. The predicted molar refractivity (Wildman–Crippen MR) is 53.6 cm³/mol. The first-order valence-corrected chi connectivity index (χ1v) is 4.67. The van der Waals surface area contributed by atoms with Crippen molar-refractivity contribution in [1.82, 2.24) is 0 Å². The van der Waals surface area contributed by atoms with Crippen LogP contribution in [0.25, 0.3) is 0 Å². The van der Waals surface area contributed by atoms with E-state index in [4.69, 9.17) is 10.5 Å². The van der Waals surface area contributed by atoms with Crippen LogP contribution in [0.1, 0.15) is 19.8 Å². The van der Waals surface area contributed by atoms with Crippen LogP contribution in [0.2, 0.25) is 0 Å². The van der Waals surface area contributed by atoms with Crippen molar-refractivity contribution in [3.8, 4) is 0 Å². The van der Waals surface area contributed by atoms with E-state index in [9.17, 15) is 9.59 Å². The van der Waals surface area contributed by atoms with Crippen LogP contribution < -0.4 is 5.73 Å². The topological polar surface area (TPSA) is 69.4 Å². The molecule has 0 aromatic carbocycles. The van der Waals surface area contributed by atoms with Gasteiger partial charge in [0.1, 0.15) is 18.3 Å². The van der Waals surface area contributed by atoms with Crippen LogP contribution in [0, 0.1) is 5.92 Å². The van der Waals surface area contributed by atoms with Crippen LogP contribution in [-0.4, -0.2) is 24.9 Å². The molecule has 0 spiro atoms. The van der Waals surface area contributed by atoms with E-state index in [1.165, 1.54) is 6.08 Å². The zero-order valence-electron chi connectivity index (χ0n) is 8.49. The van der Waals surface area contributed by atoms with Crippen LogP contribution >= 0.6 is 0 Å². The van der Waals surface area contributed by atoms with E-state index in [-0.39, 0.29) is 25.4 Å². The Morgan fingerprint density at radius 1 is 1.57 bits per heavy atom. The largest absolute Gasteiger partial charge is 0.461 e. The zero-order valence-corrected chi connectivity index (χ0v) is 8.49. The molecule has 0 radical (unpaired) electrons. The first kappa shape index (κ1) is 12.8. The lowest BCUT2D eigenvalue weighted by Crippen LogP contribution is -2.27. The molecule has 14 heavy (non-hydrogen) atoms. The lowest BCUT2D eigenvalue weighted by molar-refractivity contribution is -0.151. The number of ketones is 1. The van der Waals surface area contributed by atoms with Gasteiger partial charge in [-0.2, -0.15) is 0 Å². The van der Waals surface area contributed by atoms with Gasteiger partial charge in [-0.3, -0.25) is 9.59 Å². The quantitative estimate of drug-likeness (QED) is 0.371. The molecule has 4 heteroatoms. The summed E-state index contributed by atoms with van der Waals surface area (Å²) >= 11 is 0. The maximum Gasteiger partial charge on any atom is 0.316 e. The summed E-state index contributed by atoms with van der Waals surface area (Å²) in [6.07, 6.45) is 2.15. The number of Topliss-reactive ketones (excluding diaryl/α,β-unsaturated/α-hetero) is 1. The van der Waals surface area contributed by atoms with Gasteiger partial charge >= 0.3 is 5.97 Å². The van der Waals surface area contributed by atoms with Gasteiger partial charge in [0, 0.05) is 6.42 Å². The Morgan fingerprint density at radius 3 is 2.64 bits per heavy atom. The summed E-state index contributed by atoms with van der Waals surface area (Å²) < 4.78 is 4.79. The van der Waals surface area contributed by atoms with Crippen LogP contribution in [0.4, 0.5) is 0 Å². The van der Waals surface area contributed by atoms with Crippen LogP contribution in [0.15, 0.2) is 12.7 Å². The molecule has 0 saturated heterocycles. The number of nitrogens with two attached hydrogens (primary N) is 1. The third-order valence-corrected chi connectivity index (χ3v) is 1.82. The molecule has 0 aliphatic heterocycles. The number of carbonyl (C=O) groups is 2. The van der Waals surface area contributed by atoms with Gasteiger partial charge in [-0.25, -0.2) is 0 Å². The summed E-state index contributed by atoms with van der Waals surface area (Å²) in [5, 5.41) is 0. The van der Waals surface area contributed by atoms with Gasteiger partial charge in [0.2, 0.25) is 0 Å². The fourth-order valence-electron chi connectivity index (χ4n) is 1.08. The molecule has 0 bridgehead atoms. The minimum Gasteiger partial charge on any atom is -0.461 e. The Kier molecular flexibility index (Phi) is 6.66. The molecule has 0 aliphatic rings. The molecule has 0 aliphatic carbocycles. The second-order valence-corrected chi connectivity index (χ2v) is 2.88. The third-order valence-electron chi connectivity index (χ3n) is 1.82. The van der Waals surface area contributed by atoms with Crippen molar-refractivity contribution in [1.29, 1.82) is 0 Å². The van der Waals surface area contributed by atoms with E-state index in [1.54, 1.807) is 6.92 Å². The number of rotatable bonds is 7. The molecule has 1 atom stereocenters. The van der Waals surface area contributed by atoms with E-state index < -0.39 is 11.9 Å². The Bertz CT molecular complexity index is 213. The lowest BCUT2D eigenvalue weighted by Gasteiger charge is -2.11.